The maximum Gasteiger partial charge on any atom is 0.260 e. The molecular formula is C23H21N3O3S. The smallest absolute Gasteiger partial charge is 0.260 e. The van der Waals surface area contributed by atoms with Gasteiger partial charge in [-0.15, -0.1) is 0 Å². The fourth-order valence-corrected chi connectivity index (χ4v) is 4.05. The third-order valence-electron chi connectivity index (χ3n) is 4.53. The summed E-state index contributed by atoms with van der Waals surface area (Å²) in [5.74, 6) is 1.26. The normalized spacial score (nSPS) is 10.7. The molecule has 7 heteroatoms. The van der Waals surface area contributed by atoms with Crippen molar-refractivity contribution in [2.75, 3.05) is 18.6 Å². The number of benzene rings is 2. The molecule has 0 N–H and O–H groups in total. The molecule has 30 heavy (non-hydrogen) atoms. The first-order valence-electron chi connectivity index (χ1n) is 9.57. The van der Waals surface area contributed by atoms with E-state index in [1.54, 1.807) is 42.5 Å². The van der Waals surface area contributed by atoms with Crippen LogP contribution in [0.15, 0.2) is 66.9 Å². The summed E-state index contributed by atoms with van der Waals surface area (Å²) in [4.78, 5) is 24.2. The average Bonchev–Trinajstić information content (AvgIpc) is 3.23. The summed E-state index contributed by atoms with van der Waals surface area (Å²) < 4.78 is 11.9. The average molecular weight is 420 g/mol. The Morgan fingerprint density at radius 3 is 2.60 bits per heavy atom. The Morgan fingerprint density at radius 1 is 1.07 bits per heavy atom. The van der Waals surface area contributed by atoms with Gasteiger partial charge in [0.05, 0.1) is 30.7 Å². The number of nitrogens with zero attached hydrogens (tertiary/aromatic N) is 3. The van der Waals surface area contributed by atoms with Gasteiger partial charge in [0.25, 0.3) is 5.91 Å². The second-order valence-electron chi connectivity index (χ2n) is 6.47. The van der Waals surface area contributed by atoms with Crippen LogP contribution in [0.1, 0.15) is 23.0 Å². The molecule has 2 heterocycles. The molecule has 152 valence electrons. The van der Waals surface area contributed by atoms with Gasteiger partial charge in [-0.25, -0.2) is 4.98 Å². The number of para-hydroxylation sites is 1. The summed E-state index contributed by atoms with van der Waals surface area (Å²) in [5.41, 5.74) is 2.09. The molecule has 0 aliphatic carbocycles. The summed E-state index contributed by atoms with van der Waals surface area (Å²) in [6.07, 6.45) is 1.72. The van der Waals surface area contributed by atoms with E-state index < -0.39 is 0 Å². The zero-order chi connectivity index (χ0) is 20.9. The summed E-state index contributed by atoms with van der Waals surface area (Å²) in [5, 5.41) is 0.601. The number of hydrogen-bond donors (Lipinski definition) is 0. The van der Waals surface area contributed by atoms with Crippen molar-refractivity contribution in [2.24, 2.45) is 0 Å². The van der Waals surface area contributed by atoms with Crippen LogP contribution in [0.2, 0.25) is 0 Å². The van der Waals surface area contributed by atoms with E-state index >= 15 is 0 Å². The number of aromatic nitrogens is 2. The molecule has 4 aromatic rings. The Morgan fingerprint density at radius 2 is 1.90 bits per heavy atom. The van der Waals surface area contributed by atoms with E-state index in [4.69, 9.17) is 14.5 Å². The fourth-order valence-electron chi connectivity index (χ4n) is 3.07. The topological polar surface area (TPSA) is 64.5 Å². The van der Waals surface area contributed by atoms with Crippen LogP contribution in [-0.2, 0) is 6.54 Å². The molecule has 0 aliphatic heterocycles. The van der Waals surface area contributed by atoms with Crippen LogP contribution in [0.5, 0.6) is 11.5 Å². The molecule has 6 nitrogen and oxygen atoms in total. The SMILES string of the molecule is CCOc1cccc2sc(N(Cc3ccccn3)C(=O)c3ccc(OC)cc3)nc12. The van der Waals surface area contributed by atoms with Crippen molar-refractivity contribution in [3.05, 3.63) is 78.1 Å². The minimum Gasteiger partial charge on any atom is -0.497 e. The van der Waals surface area contributed by atoms with Gasteiger partial charge in [-0.3, -0.25) is 14.7 Å². The fraction of sp³-hybridized carbons (Fsp3) is 0.174. The first-order valence-corrected chi connectivity index (χ1v) is 10.4. The second kappa shape index (κ2) is 8.92. The summed E-state index contributed by atoms with van der Waals surface area (Å²) in [7, 11) is 1.60. The van der Waals surface area contributed by atoms with Crippen molar-refractivity contribution in [1.29, 1.82) is 0 Å². The number of ether oxygens (including phenoxy) is 2. The van der Waals surface area contributed by atoms with Crippen molar-refractivity contribution in [3.8, 4) is 11.5 Å². The van der Waals surface area contributed by atoms with Gasteiger partial charge in [0, 0.05) is 11.8 Å². The van der Waals surface area contributed by atoms with Crippen molar-refractivity contribution < 1.29 is 14.3 Å². The quantitative estimate of drug-likeness (QED) is 0.424. The van der Waals surface area contributed by atoms with Crippen LogP contribution in [-0.4, -0.2) is 29.6 Å². The lowest BCUT2D eigenvalue weighted by Crippen LogP contribution is -2.30. The molecule has 2 aromatic carbocycles. The lowest BCUT2D eigenvalue weighted by molar-refractivity contribution is 0.0984. The minimum atomic E-state index is -0.152. The number of amides is 1. The van der Waals surface area contributed by atoms with Gasteiger partial charge in [0.1, 0.15) is 17.0 Å². The van der Waals surface area contributed by atoms with E-state index in [1.165, 1.54) is 11.3 Å². The molecule has 0 saturated carbocycles. The number of carbonyl (C=O) groups excluding carboxylic acids is 1. The van der Waals surface area contributed by atoms with Gasteiger partial charge >= 0.3 is 0 Å². The number of rotatable bonds is 7. The molecule has 2 aromatic heterocycles. The molecule has 0 fully saturated rings. The molecule has 0 unspecified atom stereocenters. The van der Waals surface area contributed by atoms with E-state index in [0.717, 1.165) is 15.9 Å². The van der Waals surface area contributed by atoms with Crippen LogP contribution in [0, 0.1) is 0 Å². The number of fused-ring (bicyclic) bond motifs is 1. The highest BCUT2D eigenvalue weighted by molar-refractivity contribution is 7.22. The number of hydrogen-bond acceptors (Lipinski definition) is 6. The molecule has 1 amide bonds. The Balaban J connectivity index is 1.75. The number of methoxy groups -OCH3 is 1. The third-order valence-corrected chi connectivity index (χ3v) is 5.57. The summed E-state index contributed by atoms with van der Waals surface area (Å²) >= 11 is 1.46. The van der Waals surface area contributed by atoms with Gasteiger partial charge < -0.3 is 9.47 Å². The molecule has 0 atom stereocenters. The number of pyridine rings is 1. The van der Waals surface area contributed by atoms with Crippen molar-refractivity contribution in [3.63, 3.8) is 0 Å². The summed E-state index contributed by atoms with van der Waals surface area (Å²) in [6.45, 7) is 2.80. The molecule has 0 radical (unpaired) electrons. The van der Waals surface area contributed by atoms with E-state index in [-0.39, 0.29) is 5.91 Å². The first-order chi connectivity index (χ1) is 14.7. The third kappa shape index (κ3) is 4.11. The van der Waals surface area contributed by atoms with Crippen molar-refractivity contribution >= 4 is 32.6 Å². The van der Waals surface area contributed by atoms with Crippen molar-refractivity contribution in [1.82, 2.24) is 9.97 Å². The predicted molar refractivity (Wildman–Crippen MR) is 119 cm³/mol. The zero-order valence-corrected chi connectivity index (χ0v) is 17.6. The van der Waals surface area contributed by atoms with Gasteiger partial charge in [0.15, 0.2) is 5.13 Å². The largest absolute Gasteiger partial charge is 0.497 e. The number of carbonyl (C=O) groups is 1. The van der Waals surface area contributed by atoms with E-state index in [0.29, 0.717) is 35.3 Å². The van der Waals surface area contributed by atoms with Gasteiger partial charge in [-0.2, -0.15) is 0 Å². The molecule has 0 saturated heterocycles. The van der Waals surface area contributed by atoms with Gasteiger partial charge in [-0.1, -0.05) is 23.5 Å². The first kappa shape index (κ1) is 19.8. The monoisotopic (exact) mass is 419 g/mol. The Bertz CT molecular complexity index is 1140. The van der Waals surface area contributed by atoms with E-state index in [9.17, 15) is 4.79 Å². The highest BCUT2D eigenvalue weighted by Gasteiger charge is 2.23. The lowest BCUT2D eigenvalue weighted by atomic mass is 10.2. The molecule has 0 bridgehead atoms. The zero-order valence-electron chi connectivity index (χ0n) is 16.7. The molecule has 4 rings (SSSR count). The van der Waals surface area contributed by atoms with Crippen molar-refractivity contribution in [2.45, 2.75) is 13.5 Å². The molecular weight excluding hydrogens is 398 g/mol. The minimum absolute atomic E-state index is 0.152. The summed E-state index contributed by atoms with van der Waals surface area (Å²) in [6, 6.07) is 18.5. The maximum absolute atomic E-state index is 13.4. The standard InChI is InChI=1S/C23H21N3O3S/c1-3-29-19-8-6-9-20-21(19)25-23(30-20)26(15-17-7-4-5-14-24-17)22(27)16-10-12-18(28-2)13-11-16/h4-14H,3,15H2,1-2H3. The highest BCUT2D eigenvalue weighted by atomic mass is 32.1. The second-order valence-corrected chi connectivity index (χ2v) is 7.48. The number of thiazole rings is 1. The van der Waals surface area contributed by atoms with Crippen LogP contribution in [0.3, 0.4) is 0 Å². The maximum atomic E-state index is 13.4. The van der Waals surface area contributed by atoms with E-state index in [1.807, 2.05) is 43.3 Å². The van der Waals surface area contributed by atoms with Crippen LogP contribution in [0.25, 0.3) is 10.2 Å². The predicted octanol–water partition coefficient (Wildman–Crippen LogP) is 4.95. The highest BCUT2D eigenvalue weighted by Crippen LogP contribution is 2.35. The Hall–Kier alpha value is -3.45. The van der Waals surface area contributed by atoms with Crippen LogP contribution in [0.4, 0.5) is 5.13 Å². The Kier molecular flexibility index (Phi) is 5.90. The van der Waals surface area contributed by atoms with Crippen LogP contribution >= 0.6 is 11.3 Å². The van der Waals surface area contributed by atoms with Gasteiger partial charge in [-0.05, 0) is 55.5 Å². The van der Waals surface area contributed by atoms with E-state index in [2.05, 4.69) is 4.98 Å². The Labute approximate surface area is 178 Å². The van der Waals surface area contributed by atoms with Crippen LogP contribution < -0.4 is 14.4 Å². The molecule has 0 spiro atoms. The number of anilines is 1. The molecule has 0 aliphatic rings. The van der Waals surface area contributed by atoms with Gasteiger partial charge in [0.2, 0.25) is 0 Å². The lowest BCUT2D eigenvalue weighted by Gasteiger charge is -2.19.